The van der Waals surface area contributed by atoms with Crippen LogP contribution in [0.4, 0.5) is 11.5 Å². The van der Waals surface area contributed by atoms with E-state index in [1.54, 1.807) is 24.4 Å². The molecule has 0 atom stereocenters. The summed E-state index contributed by atoms with van der Waals surface area (Å²) >= 11 is 0. The van der Waals surface area contributed by atoms with Crippen LogP contribution in [-0.4, -0.2) is 33.6 Å². The van der Waals surface area contributed by atoms with Crippen LogP contribution < -0.4 is 14.4 Å². The van der Waals surface area contributed by atoms with Gasteiger partial charge in [0.25, 0.3) is 10.0 Å². The fourth-order valence-electron chi connectivity index (χ4n) is 3.08. The largest absolute Gasteiger partial charge is 0.495 e. The molecule has 1 N–H and O–H groups in total. The highest BCUT2D eigenvalue weighted by Gasteiger charge is 2.21. The number of benzene rings is 1. The van der Waals surface area contributed by atoms with Crippen molar-refractivity contribution in [2.24, 2.45) is 5.92 Å². The van der Waals surface area contributed by atoms with Crippen LogP contribution in [0.3, 0.4) is 0 Å². The van der Waals surface area contributed by atoms with E-state index in [0.717, 1.165) is 43.2 Å². The molecule has 0 amide bonds. The summed E-state index contributed by atoms with van der Waals surface area (Å²) in [6, 6.07) is 8.68. The molecule has 1 aliphatic heterocycles. The Labute approximate surface area is 155 Å². The Bertz CT molecular complexity index is 858. The maximum atomic E-state index is 12.7. The van der Waals surface area contributed by atoms with E-state index >= 15 is 0 Å². The maximum absolute atomic E-state index is 12.7. The van der Waals surface area contributed by atoms with Crippen molar-refractivity contribution in [1.29, 1.82) is 0 Å². The SMILES string of the molecule is COc1ccc(C)cc1S(=O)(=O)Nc1ccc(N2CCC(C)CC2)nc1. The van der Waals surface area contributed by atoms with Gasteiger partial charge in [0.15, 0.2) is 0 Å². The van der Waals surface area contributed by atoms with Crippen LogP contribution in [0.5, 0.6) is 5.75 Å². The van der Waals surface area contributed by atoms with E-state index in [2.05, 4.69) is 21.5 Å². The third-order valence-electron chi connectivity index (χ3n) is 4.72. The Morgan fingerprint density at radius 2 is 1.92 bits per heavy atom. The minimum absolute atomic E-state index is 0.120. The lowest BCUT2D eigenvalue weighted by Gasteiger charge is -2.31. The number of aryl methyl sites for hydroxylation is 1. The van der Waals surface area contributed by atoms with E-state index in [-0.39, 0.29) is 4.90 Å². The molecule has 0 spiro atoms. The minimum atomic E-state index is -3.75. The topological polar surface area (TPSA) is 71.5 Å². The monoisotopic (exact) mass is 375 g/mol. The number of nitrogens with zero attached hydrogens (tertiary/aromatic N) is 2. The lowest BCUT2D eigenvalue weighted by Crippen LogP contribution is -2.33. The van der Waals surface area contributed by atoms with E-state index in [9.17, 15) is 8.42 Å². The van der Waals surface area contributed by atoms with Gasteiger partial charge in [0.05, 0.1) is 19.0 Å². The van der Waals surface area contributed by atoms with Crippen LogP contribution in [0.25, 0.3) is 0 Å². The van der Waals surface area contributed by atoms with Crippen LogP contribution in [0, 0.1) is 12.8 Å². The first-order valence-electron chi connectivity index (χ1n) is 8.77. The summed E-state index contributed by atoms with van der Waals surface area (Å²) in [6.45, 7) is 6.08. The summed E-state index contributed by atoms with van der Waals surface area (Å²) in [5.74, 6) is 1.95. The predicted molar refractivity (Wildman–Crippen MR) is 103 cm³/mol. The highest BCUT2D eigenvalue weighted by atomic mass is 32.2. The molecule has 1 fully saturated rings. The quantitative estimate of drug-likeness (QED) is 0.867. The zero-order chi connectivity index (χ0) is 18.7. The number of hydrogen-bond donors (Lipinski definition) is 1. The van der Waals surface area contributed by atoms with Crippen molar-refractivity contribution in [2.45, 2.75) is 31.6 Å². The number of ether oxygens (including phenoxy) is 1. The van der Waals surface area contributed by atoms with Gasteiger partial charge in [0, 0.05) is 13.1 Å². The fraction of sp³-hybridized carbons (Fsp3) is 0.421. The van der Waals surface area contributed by atoms with Crippen molar-refractivity contribution in [3.63, 3.8) is 0 Å². The number of rotatable bonds is 5. The number of hydrogen-bond acceptors (Lipinski definition) is 5. The second kappa shape index (κ2) is 7.53. The molecule has 1 saturated heterocycles. The van der Waals surface area contributed by atoms with Crippen LogP contribution in [0.15, 0.2) is 41.4 Å². The number of nitrogens with one attached hydrogen (secondary N) is 1. The number of anilines is 2. The van der Waals surface area contributed by atoms with Gasteiger partial charge in [-0.05, 0) is 55.5 Å². The van der Waals surface area contributed by atoms with Gasteiger partial charge in [-0.1, -0.05) is 13.0 Å². The third kappa shape index (κ3) is 4.09. The van der Waals surface area contributed by atoms with Crippen molar-refractivity contribution < 1.29 is 13.2 Å². The summed E-state index contributed by atoms with van der Waals surface area (Å²) in [7, 11) is -2.29. The lowest BCUT2D eigenvalue weighted by atomic mass is 9.99. The molecule has 1 aromatic carbocycles. The number of pyridine rings is 1. The number of aromatic nitrogens is 1. The Balaban J connectivity index is 1.77. The molecule has 0 radical (unpaired) electrons. The van der Waals surface area contributed by atoms with E-state index in [4.69, 9.17) is 4.74 Å². The van der Waals surface area contributed by atoms with E-state index in [1.165, 1.54) is 7.11 Å². The molecule has 0 bridgehead atoms. The first kappa shape index (κ1) is 18.5. The zero-order valence-electron chi connectivity index (χ0n) is 15.4. The van der Waals surface area contributed by atoms with Gasteiger partial charge in [-0.25, -0.2) is 13.4 Å². The van der Waals surface area contributed by atoms with Gasteiger partial charge in [-0.15, -0.1) is 0 Å². The van der Waals surface area contributed by atoms with Crippen LogP contribution >= 0.6 is 0 Å². The Hall–Kier alpha value is -2.28. The standard InChI is InChI=1S/C19H25N3O3S/c1-14-8-10-22(11-9-14)19-7-5-16(13-20-19)21-26(23,24)18-12-15(2)4-6-17(18)25-3/h4-7,12-14,21H,8-11H2,1-3H3. The molecule has 7 heteroatoms. The van der Waals surface area contributed by atoms with E-state index < -0.39 is 10.0 Å². The van der Waals surface area contributed by atoms with Crippen LogP contribution in [0.1, 0.15) is 25.3 Å². The normalized spacial score (nSPS) is 15.7. The first-order chi connectivity index (χ1) is 12.4. The molecule has 0 unspecified atom stereocenters. The van der Waals surface area contributed by atoms with Crippen molar-refractivity contribution in [3.05, 3.63) is 42.1 Å². The number of sulfonamides is 1. The molecule has 1 aliphatic rings. The minimum Gasteiger partial charge on any atom is -0.495 e. The second-order valence-electron chi connectivity index (χ2n) is 6.83. The maximum Gasteiger partial charge on any atom is 0.265 e. The molecule has 2 aromatic rings. The summed E-state index contributed by atoms with van der Waals surface area (Å²) in [4.78, 5) is 6.79. The molecule has 0 saturated carbocycles. The van der Waals surface area contributed by atoms with Gasteiger partial charge in [-0.3, -0.25) is 4.72 Å². The summed E-state index contributed by atoms with van der Waals surface area (Å²) in [5, 5.41) is 0. The summed E-state index contributed by atoms with van der Waals surface area (Å²) in [5.41, 5.74) is 1.28. The Morgan fingerprint density at radius 3 is 2.54 bits per heavy atom. The smallest absolute Gasteiger partial charge is 0.265 e. The third-order valence-corrected chi connectivity index (χ3v) is 6.12. The van der Waals surface area contributed by atoms with Gasteiger partial charge >= 0.3 is 0 Å². The molecular formula is C19H25N3O3S. The predicted octanol–water partition coefficient (Wildman–Crippen LogP) is 3.44. The average molecular weight is 375 g/mol. The molecule has 6 nitrogen and oxygen atoms in total. The summed E-state index contributed by atoms with van der Waals surface area (Å²) < 4.78 is 33.2. The number of methoxy groups -OCH3 is 1. The highest BCUT2D eigenvalue weighted by molar-refractivity contribution is 7.92. The second-order valence-corrected chi connectivity index (χ2v) is 8.49. The molecule has 0 aliphatic carbocycles. The fourth-order valence-corrected chi connectivity index (χ4v) is 4.37. The molecule has 2 heterocycles. The molecule has 1 aromatic heterocycles. The summed E-state index contributed by atoms with van der Waals surface area (Å²) in [6.07, 6.45) is 3.87. The van der Waals surface area contributed by atoms with Crippen molar-refractivity contribution >= 4 is 21.5 Å². The molecular weight excluding hydrogens is 350 g/mol. The van der Waals surface area contributed by atoms with Gasteiger partial charge in [-0.2, -0.15) is 0 Å². The van der Waals surface area contributed by atoms with Gasteiger partial charge in [0.2, 0.25) is 0 Å². The van der Waals surface area contributed by atoms with Crippen molar-refractivity contribution in [2.75, 3.05) is 29.8 Å². The molecule has 26 heavy (non-hydrogen) atoms. The zero-order valence-corrected chi connectivity index (χ0v) is 16.2. The Morgan fingerprint density at radius 1 is 1.19 bits per heavy atom. The van der Waals surface area contributed by atoms with Gasteiger partial charge < -0.3 is 9.64 Å². The van der Waals surface area contributed by atoms with Crippen molar-refractivity contribution in [1.82, 2.24) is 4.98 Å². The average Bonchev–Trinajstić information content (AvgIpc) is 2.63. The van der Waals surface area contributed by atoms with Crippen LogP contribution in [-0.2, 0) is 10.0 Å². The number of piperidine rings is 1. The van der Waals surface area contributed by atoms with Crippen molar-refractivity contribution in [3.8, 4) is 5.75 Å². The van der Waals surface area contributed by atoms with Crippen LogP contribution in [0.2, 0.25) is 0 Å². The Kier molecular flexibility index (Phi) is 5.36. The molecule has 3 rings (SSSR count). The highest BCUT2D eigenvalue weighted by Crippen LogP contribution is 2.27. The lowest BCUT2D eigenvalue weighted by molar-refractivity contribution is 0.402. The van der Waals surface area contributed by atoms with Gasteiger partial charge in [0.1, 0.15) is 16.5 Å². The first-order valence-corrected chi connectivity index (χ1v) is 10.3. The molecule has 140 valence electrons. The van der Waals surface area contributed by atoms with E-state index in [0.29, 0.717) is 11.4 Å². The van der Waals surface area contributed by atoms with E-state index in [1.807, 2.05) is 19.1 Å².